The minimum atomic E-state index is -0.118. The SMILES string of the molecule is CN1Cc2sccc2-n2c(c(C#Cc3ccccc3)[nH]c2=O)C1. The molecule has 0 fully saturated rings. The van der Waals surface area contributed by atoms with Crippen molar-refractivity contribution in [3.05, 3.63) is 74.1 Å². The van der Waals surface area contributed by atoms with Crippen LogP contribution in [0.3, 0.4) is 0 Å². The second-order valence-corrected chi connectivity index (χ2v) is 6.61. The smallest absolute Gasteiger partial charge is 0.298 e. The zero-order valence-corrected chi connectivity index (χ0v) is 13.5. The minimum Gasteiger partial charge on any atom is -0.298 e. The number of nitrogens with one attached hydrogen (secondary N) is 1. The van der Waals surface area contributed by atoms with E-state index in [1.54, 1.807) is 15.9 Å². The van der Waals surface area contributed by atoms with E-state index < -0.39 is 0 Å². The van der Waals surface area contributed by atoms with Gasteiger partial charge >= 0.3 is 5.69 Å². The van der Waals surface area contributed by atoms with E-state index in [1.807, 2.05) is 41.8 Å². The molecule has 0 aliphatic carbocycles. The van der Waals surface area contributed by atoms with Crippen LogP contribution in [0, 0.1) is 11.8 Å². The number of thiophene rings is 1. The number of hydrogen-bond donors (Lipinski definition) is 1. The number of hydrogen-bond acceptors (Lipinski definition) is 3. The van der Waals surface area contributed by atoms with Crippen LogP contribution < -0.4 is 5.69 Å². The third kappa shape index (κ3) is 2.52. The topological polar surface area (TPSA) is 41.0 Å². The van der Waals surface area contributed by atoms with E-state index in [0.717, 1.165) is 23.5 Å². The molecule has 0 saturated carbocycles. The van der Waals surface area contributed by atoms with Crippen molar-refractivity contribution < 1.29 is 0 Å². The molecule has 3 heterocycles. The molecular weight excluding hydrogens is 306 g/mol. The summed E-state index contributed by atoms with van der Waals surface area (Å²) in [5, 5.41) is 2.03. The highest BCUT2D eigenvalue weighted by Crippen LogP contribution is 2.27. The second-order valence-electron chi connectivity index (χ2n) is 5.60. The monoisotopic (exact) mass is 321 g/mol. The fraction of sp³-hybridized carbons (Fsp3) is 0.167. The number of aromatic amines is 1. The molecule has 0 spiro atoms. The lowest BCUT2D eigenvalue weighted by Crippen LogP contribution is -2.18. The molecule has 4 nitrogen and oxygen atoms in total. The minimum absolute atomic E-state index is 0.118. The highest BCUT2D eigenvalue weighted by Gasteiger charge is 2.23. The molecule has 0 radical (unpaired) electrons. The normalized spacial score (nSPS) is 13.6. The number of rotatable bonds is 0. The van der Waals surface area contributed by atoms with Crippen LogP contribution in [0.15, 0.2) is 46.6 Å². The summed E-state index contributed by atoms with van der Waals surface area (Å²) < 4.78 is 1.77. The van der Waals surface area contributed by atoms with E-state index in [2.05, 4.69) is 28.8 Å². The van der Waals surface area contributed by atoms with Gasteiger partial charge in [0.1, 0.15) is 5.69 Å². The first-order chi connectivity index (χ1) is 11.2. The lowest BCUT2D eigenvalue weighted by molar-refractivity contribution is 0.322. The van der Waals surface area contributed by atoms with Gasteiger partial charge in [-0.15, -0.1) is 11.3 Å². The van der Waals surface area contributed by atoms with Crippen LogP contribution in [0.5, 0.6) is 0 Å². The molecule has 23 heavy (non-hydrogen) atoms. The Labute approximate surface area is 138 Å². The summed E-state index contributed by atoms with van der Waals surface area (Å²) in [7, 11) is 2.06. The second kappa shape index (κ2) is 5.58. The quantitative estimate of drug-likeness (QED) is 0.647. The molecule has 0 amide bonds. The molecule has 1 aliphatic heterocycles. The highest BCUT2D eigenvalue weighted by atomic mass is 32.1. The summed E-state index contributed by atoms with van der Waals surface area (Å²) in [5.41, 5.74) is 3.42. The van der Waals surface area contributed by atoms with Crippen LogP contribution >= 0.6 is 11.3 Å². The third-order valence-electron chi connectivity index (χ3n) is 3.90. The maximum absolute atomic E-state index is 12.4. The van der Waals surface area contributed by atoms with E-state index in [4.69, 9.17) is 0 Å². The van der Waals surface area contributed by atoms with Crippen molar-refractivity contribution in [2.45, 2.75) is 13.1 Å². The zero-order valence-electron chi connectivity index (χ0n) is 12.7. The molecule has 114 valence electrons. The molecule has 4 rings (SSSR count). The van der Waals surface area contributed by atoms with Gasteiger partial charge in [-0.05, 0) is 36.5 Å². The Morgan fingerprint density at radius 3 is 2.78 bits per heavy atom. The summed E-state index contributed by atoms with van der Waals surface area (Å²) >= 11 is 1.68. The molecule has 1 aliphatic rings. The molecule has 1 aromatic carbocycles. The van der Waals surface area contributed by atoms with E-state index in [1.165, 1.54) is 4.88 Å². The van der Waals surface area contributed by atoms with Gasteiger partial charge in [0.05, 0.1) is 11.4 Å². The Morgan fingerprint density at radius 1 is 1.13 bits per heavy atom. The molecule has 2 aromatic heterocycles. The highest BCUT2D eigenvalue weighted by molar-refractivity contribution is 7.10. The van der Waals surface area contributed by atoms with Gasteiger partial charge in [-0.3, -0.25) is 14.5 Å². The Bertz CT molecular complexity index is 969. The van der Waals surface area contributed by atoms with Crippen LogP contribution in [0.25, 0.3) is 5.69 Å². The first-order valence-corrected chi connectivity index (χ1v) is 8.26. The van der Waals surface area contributed by atoms with E-state index >= 15 is 0 Å². The van der Waals surface area contributed by atoms with Crippen molar-refractivity contribution in [2.24, 2.45) is 0 Å². The van der Waals surface area contributed by atoms with Crippen molar-refractivity contribution in [1.29, 1.82) is 0 Å². The van der Waals surface area contributed by atoms with Crippen LogP contribution in [0.1, 0.15) is 21.8 Å². The maximum Gasteiger partial charge on any atom is 0.331 e. The van der Waals surface area contributed by atoms with Gasteiger partial charge < -0.3 is 0 Å². The number of aromatic nitrogens is 2. The Hall–Kier alpha value is -2.55. The van der Waals surface area contributed by atoms with Crippen molar-refractivity contribution in [3.63, 3.8) is 0 Å². The Kier molecular flexibility index (Phi) is 3.41. The van der Waals surface area contributed by atoms with Gasteiger partial charge in [0.15, 0.2) is 0 Å². The predicted octanol–water partition coefficient (Wildman–Crippen LogP) is 2.57. The molecule has 5 heteroatoms. The van der Waals surface area contributed by atoms with Gasteiger partial charge in [0.2, 0.25) is 0 Å². The zero-order chi connectivity index (χ0) is 15.8. The first-order valence-electron chi connectivity index (χ1n) is 7.38. The fourth-order valence-corrected chi connectivity index (χ4v) is 3.78. The van der Waals surface area contributed by atoms with E-state index in [9.17, 15) is 4.79 Å². The van der Waals surface area contributed by atoms with Crippen LogP contribution in [-0.2, 0) is 13.1 Å². The van der Waals surface area contributed by atoms with Crippen LogP contribution in [0.2, 0.25) is 0 Å². The van der Waals surface area contributed by atoms with Crippen molar-refractivity contribution in [3.8, 4) is 17.5 Å². The standard InChI is InChI=1S/C18H15N3OS/c1-20-11-16-14(8-7-13-5-3-2-4-6-13)19-18(22)21(16)15-9-10-23-17(15)12-20/h2-6,9-10H,11-12H2,1H3,(H,19,22). The molecule has 1 N–H and O–H groups in total. The predicted molar refractivity (Wildman–Crippen MR) is 91.9 cm³/mol. The Balaban J connectivity index is 1.86. The lowest BCUT2D eigenvalue weighted by atomic mass is 10.2. The van der Waals surface area contributed by atoms with Gasteiger partial charge in [-0.2, -0.15) is 0 Å². The molecule has 0 bridgehead atoms. The van der Waals surface area contributed by atoms with Crippen LogP contribution in [0.4, 0.5) is 0 Å². The molecule has 3 aromatic rings. The maximum atomic E-state index is 12.4. The largest absolute Gasteiger partial charge is 0.331 e. The number of imidazole rings is 1. The average Bonchev–Trinajstić information content (AvgIpc) is 3.07. The van der Waals surface area contributed by atoms with Crippen molar-refractivity contribution in [2.75, 3.05) is 7.05 Å². The number of fused-ring (bicyclic) bond motifs is 3. The van der Waals surface area contributed by atoms with Gasteiger partial charge in [-0.1, -0.05) is 24.1 Å². The Morgan fingerprint density at radius 2 is 1.96 bits per heavy atom. The molecular formula is C18H15N3OS. The van der Waals surface area contributed by atoms with Gasteiger partial charge in [0.25, 0.3) is 0 Å². The van der Waals surface area contributed by atoms with Gasteiger partial charge in [-0.25, -0.2) is 4.79 Å². The van der Waals surface area contributed by atoms with Crippen molar-refractivity contribution in [1.82, 2.24) is 14.5 Å². The van der Waals surface area contributed by atoms with Gasteiger partial charge in [0, 0.05) is 23.5 Å². The molecule has 0 unspecified atom stereocenters. The van der Waals surface area contributed by atoms with Crippen LogP contribution in [-0.4, -0.2) is 21.5 Å². The first kappa shape index (κ1) is 14.1. The summed E-state index contributed by atoms with van der Waals surface area (Å²) in [6.07, 6.45) is 0. The summed E-state index contributed by atoms with van der Waals surface area (Å²) in [5.74, 6) is 6.26. The lowest BCUT2D eigenvalue weighted by Gasteiger charge is -2.12. The van der Waals surface area contributed by atoms with E-state index in [0.29, 0.717) is 12.2 Å². The third-order valence-corrected chi connectivity index (χ3v) is 4.79. The molecule has 0 saturated heterocycles. The summed E-state index contributed by atoms with van der Waals surface area (Å²) in [4.78, 5) is 18.8. The number of benzene rings is 1. The van der Waals surface area contributed by atoms with Crippen molar-refractivity contribution >= 4 is 11.3 Å². The fourth-order valence-electron chi connectivity index (χ4n) is 2.84. The summed E-state index contributed by atoms with van der Waals surface area (Å²) in [6.45, 7) is 1.54. The number of H-pyrrole nitrogens is 1. The molecule has 0 atom stereocenters. The average molecular weight is 321 g/mol. The number of nitrogens with zero attached hydrogens (tertiary/aromatic N) is 2. The van der Waals surface area contributed by atoms with E-state index in [-0.39, 0.29) is 5.69 Å². The summed E-state index contributed by atoms with van der Waals surface area (Å²) in [6, 6.07) is 11.8.